The number of imide groups is 1. The highest BCUT2D eigenvalue weighted by Crippen LogP contribution is 2.26. The van der Waals surface area contributed by atoms with Gasteiger partial charge in [-0.1, -0.05) is 12.1 Å². The van der Waals surface area contributed by atoms with E-state index in [0.717, 1.165) is 19.3 Å². The predicted octanol–water partition coefficient (Wildman–Crippen LogP) is 3.07. The lowest BCUT2D eigenvalue weighted by Crippen LogP contribution is -2.51. The minimum Gasteiger partial charge on any atom is -0.444 e. The third-order valence-electron chi connectivity index (χ3n) is 4.53. The molecular formula is C19H24N2O4. The molecule has 6 nitrogen and oxygen atoms in total. The van der Waals surface area contributed by atoms with Crippen LogP contribution in [0.25, 0.3) is 0 Å². The molecule has 1 saturated heterocycles. The fourth-order valence-corrected chi connectivity index (χ4v) is 3.37. The Morgan fingerprint density at radius 3 is 2.28 bits per heavy atom. The molecule has 3 amide bonds. The number of rotatable bonds is 2. The number of carbonyl (C=O) groups excluding carboxylic acids is 3. The first-order valence-electron chi connectivity index (χ1n) is 8.73. The van der Waals surface area contributed by atoms with Crippen molar-refractivity contribution in [3.63, 3.8) is 0 Å². The summed E-state index contributed by atoms with van der Waals surface area (Å²) in [6.07, 6.45) is 2.24. The second-order valence-corrected chi connectivity index (χ2v) is 7.59. The maximum absolute atomic E-state index is 12.6. The monoisotopic (exact) mass is 344 g/mol. The summed E-state index contributed by atoms with van der Waals surface area (Å²) in [5, 5.41) is 0. The van der Waals surface area contributed by atoms with E-state index in [0.29, 0.717) is 17.7 Å². The van der Waals surface area contributed by atoms with E-state index in [9.17, 15) is 14.4 Å². The molecule has 0 bridgehead atoms. The van der Waals surface area contributed by atoms with E-state index in [-0.39, 0.29) is 30.5 Å². The summed E-state index contributed by atoms with van der Waals surface area (Å²) in [6.45, 7) is 6.28. The Morgan fingerprint density at radius 1 is 1.12 bits per heavy atom. The molecule has 2 aliphatic heterocycles. The first kappa shape index (κ1) is 17.5. The van der Waals surface area contributed by atoms with Gasteiger partial charge in [-0.2, -0.15) is 0 Å². The van der Waals surface area contributed by atoms with Gasteiger partial charge in [-0.3, -0.25) is 14.5 Å². The number of ether oxygens (including phenoxy) is 1. The van der Waals surface area contributed by atoms with Gasteiger partial charge in [-0.05, 0) is 52.2 Å². The van der Waals surface area contributed by atoms with Gasteiger partial charge in [-0.25, -0.2) is 4.79 Å². The molecule has 2 aliphatic rings. The smallest absolute Gasteiger partial charge is 0.410 e. The van der Waals surface area contributed by atoms with E-state index in [2.05, 4.69) is 0 Å². The molecular weight excluding hydrogens is 320 g/mol. The topological polar surface area (TPSA) is 66.9 Å². The van der Waals surface area contributed by atoms with Gasteiger partial charge < -0.3 is 9.64 Å². The first-order valence-corrected chi connectivity index (χ1v) is 8.73. The average molecular weight is 344 g/mol. The standard InChI is InChI=1S/C19H24N2O4/c1-19(2,3)25-18(24)20-11-7-6-8-13(20)12-21-16(22)14-9-4-5-10-15(14)17(21)23/h4-5,9-10,13H,6-8,11-12H2,1-3H3. The molecule has 0 radical (unpaired) electrons. The van der Waals surface area contributed by atoms with E-state index in [1.165, 1.54) is 4.90 Å². The number of hydrogen-bond acceptors (Lipinski definition) is 4. The third-order valence-corrected chi connectivity index (χ3v) is 4.53. The van der Waals surface area contributed by atoms with Crippen LogP contribution in [-0.2, 0) is 4.74 Å². The van der Waals surface area contributed by atoms with Crippen LogP contribution in [0.3, 0.4) is 0 Å². The Hall–Kier alpha value is -2.37. The minimum atomic E-state index is -0.575. The predicted molar refractivity (Wildman–Crippen MR) is 92.4 cm³/mol. The molecule has 3 rings (SSSR count). The summed E-state index contributed by atoms with van der Waals surface area (Å²) in [5.41, 5.74) is 0.300. The maximum atomic E-state index is 12.6. The van der Waals surface area contributed by atoms with Crippen LogP contribution in [0.1, 0.15) is 60.7 Å². The molecule has 1 atom stereocenters. The largest absolute Gasteiger partial charge is 0.444 e. The normalized spacial score (nSPS) is 20.7. The Kier molecular flexibility index (Phi) is 4.54. The molecule has 1 aromatic carbocycles. The number of nitrogens with zero attached hydrogens (tertiary/aromatic N) is 2. The quantitative estimate of drug-likeness (QED) is 0.773. The van der Waals surface area contributed by atoms with Crippen molar-refractivity contribution in [1.82, 2.24) is 9.80 Å². The maximum Gasteiger partial charge on any atom is 0.410 e. The lowest BCUT2D eigenvalue weighted by atomic mass is 10.0. The third kappa shape index (κ3) is 3.52. The number of fused-ring (bicyclic) bond motifs is 1. The van der Waals surface area contributed by atoms with Gasteiger partial charge in [-0.15, -0.1) is 0 Å². The van der Waals surface area contributed by atoms with Gasteiger partial charge in [0, 0.05) is 13.1 Å². The van der Waals surface area contributed by atoms with Crippen molar-refractivity contribution in [1.29, 1.82) is 0 Å². The van der Waals surface area contributed by atoms with Crippen molar-refractivity contribution in [2.45, 2.75) is 51.7 Å². The van der Waals surface area contributed by atoms with Gasteiger partial charge in [0.1, 0.15) is 5.60 Å². The summed E-state index contributed by atoms with van der Waals surface area (Å²) in [4.78, 5) is 40.5. The van der Waals surface area contributed by atoms with E-state index in [1.54, 1.807) is 29.2 Å². The van der Waals surface area contributed by atoms with Crippen LogP contribution in [0.15, 0.2) is 24.3 Å². The van der Waals surface area contributed by atoms with Crippen LogP contribution in [-0.4, -0.2) is 52.4 Å². The van der Waals surface area contributed by atoms with Gasteiger partial charge in [0.25, 0.3) is 11.8 Å². The number of benzene rings is 1. The van der Waals surface area contributed by atoms with Crippen molar-refractivity contribution in [3.05, 3.63) is 35.4 Å². The van der Waals surface area contributed by atoms with Crippen LogP contribution in [0.5, 0.6) is 0 Å². The van der Waals surface area contributed by atoms with E-state index >= 15 is 0 Å². The minimum absolute atomic E-state index is 0.203. The van der Waals surface area contributed by atoms with Gasteiger partial charge in [0.05, 0.1) is 17.2 Å². The lowest BCUT2D eigenvalue weighted by Gasteiger charge is -2.38. The highest BCUT2D eigenvalue weighted by molar-refractivity contribution is 6.21. The van der Waals surface area contributed by atoms with Crippen LogP contribution in [0, 0.1) is 0 Å². The van der Waals surface area contributed by atoms with Crippen molar-refractivity contribution in [2.24, 2.45) is 0 Å². The van der Waals surface area contributed by atoms with E-state index < -0.39 is 5.60 Å². The molecule has 2 heterocycles. The number of amides is 3. The molecule has 0 spiro atoms. The second-order valence-electron chi connectivity index (χ2n) is 7.59. The molecule has 1 aromatic rings. The average Bonchev–Trinajstić information content (AvgIpc) is 2.79. The SMILES string of the molecule is CC(C)(C)OC(=O)N1CCCCC1CN1C(=O)c2ccccc2C1=O. The Labute approximate surface area is 147 Å². The number of hydrogen-bond donors (Lipinski definition) is 0. The Bertz CT molecular complexity index is 673. The highest BCUT2D eigenvalue weighted by Gasteiger charge is 2.39. The first-order chi connectivity index (χ1) is 11.8. The summed E-state index contributed by atoms with van der Waals surface area (Å²) < 4.78 is 5.49. The zero-order valence-corrected chi connectivity index (χ0v) is 14.9. The number of carbonyl (C=O) groups is 3. The number of likely N-dealkylation sites (tertiary alicyclic amines) is 1. The van der Waals surface area contributed by atoms with E-state index in [1.807, 2.05) is 20.8 Å². The summed E-state index contributed by atoms with van der Waals surface area (Å²) in [7, 11) is 0. The van der Waals surface area contributed by atoms with Crippen molar-refractivity contribution < 1.29 is 19.1 Å². The lowest BCUT2D eigenvalue weighted by molar-refractivity contribution is 0.00542. The fourth-order valence-electron chi connectivity index (χ4n) is 3.37. The zero-order valence-electron chi connectivity index (χ0n) is 14.9. The summed E-state index contributed by atoms with van der Waals surface area (Å²) in [6, 6.07) is 6.64. The van der Waals surface area contributed by atoms with Gasteiger partial charge >= 0.3 is 6.09 Å². The summed E-state index contributed by atoms with van der Waals surface area (Å²) >= 11 is 0. The molecule has 0 N–H and O–H groups in total. The molecule has 6 heteroatoms. The second kappa shape index (κ2) is 6.50. The fraction of sp³-hybridized carbons (Fsp3) is 0.526. The molecule has 0 saturated carbocycles. The van der Waals surface area contributed by atoms with Crippen LogP contribution < -0.4 is 0 Å². The van der Waals surface area contributed by atoms with Crippen molar-refractivity contribution in [3.8, 4) is 0 Å². The van der Waals surface area contributed by atoms with Gasteiger partial charge in [0.15, 0.2) is 0 Å². The van der Waals surface area contributed by atoms with Gasteiger partial charge in [0.2, 0.25) is 0 Å². The van der Waals surface area contributed by atoms with Crippen LogP contribution >= 0.6 is 0 Å². The highest BCUT2D eigenvalue weighted by atomic mass is 16.6. The Morgan fingerprint density at radius 2 is 1.72 bits per heavy atom. The zero-order chi connectivity index (χ0) is 18.2. The Balaban J connectivity index is 1.76. The molecule has 1 unspecified atom stereocenters. The summed E-state index contributed by atoms with van der Waals surface area (Å²) in [5.74, 6) is -0.564. The number of piperidine rings is 1. The molecule has 0 aliphatic carbocycles. The van der Waals surface area contributed by atoms with Crippen LogP contribution in [0.2, 0.25) is 0 Å². The molecule has 1 fully saturated rings. The van der Waals surface area contributed by atoms with Crippen LogP contribution in [0.4, 0.5) is 4.79 Å². The van der Waals surface area contributed by atoms with Crippen molar-refractivity contribution >= 4 is 17.9 Å². The van der Waals surface area contributed by atoms with Crippen molar-refractivity contribution in [2.75, 3.05) is 13.1 Å². The van der Waals surface area contributed by atoms with E-state index in [4.69, 9.17) is 4.74 Å². The molecule has 0 aromatic heterocycles. The molecule has 134 valence electrons. The molecule has 25 heavy (non-hydrogen) atoms.